The van der Waals surface area contributed by atoms with Crippen molar-refractivity contribution in [2.75, 3.05) is 11.9 Å². The van der Waals surface area contributed by atoms with E-state index in [0.29, 0.717) is 0 Å². The van der Waals surface area contributed by atoms with Crippen molar-refractivity contribution in [1.82, 2.24) is 5.32 Å². The average Bonchev–Trinajstić information content (AvgIpc) is 2.85. The summed E-state index contributed by atoms with van der Waals surface area (Å²) in [4.78, 5) is 22.0. The molecule has 0 radical (unpaired) electrons. The van der Waals surface area contributed by atoms with Crippen LogP contribution in [0, 0.1) is 10.1 Å². The molecule has 1 fully saturated rings. The molecule has 0 aliphatic carbocycles. The van der Waals surface area contributed by atoms with Gasteiger partial charge >= 0.3 is 0 Å². The molecule has 0 bridgehead atoms. The minimum absolute atomic E-state index is 0.0474. The highest BCUT2D eigenvalue weighted by Gasteiger charge is 2.24. The maximum absolute atomic E-state index is 11.8. The van der Waals surface area contributed by atoms with Crippen molar-refractivity contribution < 1.29 is 9.72 Å². The van der Waals surface area contributed by atoms with E-state index in [1.54, 1.807) is 6.07 Å². The van der Waals surface area contributed by atoms with Gasteiger partial charge in [-0.25, -0.2) is 0 Å². The highest BCUT2D eigenvalue weighted by molar-refractivity contribution is 6.35. The number of benzene rings is 1. The number of anilines is 1. The van der Waals surface area contributed by atoms with Gasteiger partial charge in [-0.05, 0) is 25.5 Å². The molecule has 7 heteroatoms. The number of hydrogen-bond donors (Lipinski definition) is 2. The summed E-state index contributed by atoms with van der Waals surface area (Å²) in [5.41, 5.74) is 0.0541. The molecule has 1 aliphatic rings. The number of nitro benzene ring substituents is 1. The average molecular weight is 270 g/mol. The Morgan fingerprint density at radius 2 is 2.33 bits per heavy atom. The Morgan fingerprint density at radius 1 is 1.56 bits per heavy atom. The van der Waals surface area contributed by atoms with E-state index in [9.17, 15) is 14.9 Å². The molecule has 0 unspecified atom stereocenters. The van der Waals surface area contributed by atoms with E-state index >= 15 is 0 Å². The largest absolute Gasteiger partial charge is 0.323 e. The monoisotopic (exact) mass is 269 g/mol. The van der Waals surface area contributed by atoms with Crippen LogP contribution in [0.4, 0.5) is 11.4 Å². The second kappa shape index (κ2) is 5.32. The van der Waals surface area contributed by atoms with Gasteiger partial charge in [-0.15, -0.1) is 0 Å². The smallest absolute Gasteiger partial charge is 0.290 e. The van der Waals surface area contributed by atoms with Gasteiger partial charge in [0.05, 0.1) is 16.7 Å². The highest BCUT2D eigenvalue weighted by atomic mass is 35.5. The zero-order valence-corrected chi connectivity index (χ0v) is 10.2. The van der Waals surface area contributed by atoms with Crippen LogP contribution in [0.25, 0.3) is 0 Å². The first-order chi connectivity index (χ1) is 8.59. The molecule has 96 valence electrons. The summed E-state index contributed by atoms with van der Waals surface area (Å²) in [6.45, 7) is 0.806. The molecule has 1 aliphatic heterocycles. The Morgan fingerprint density at radius 3 is 2.94 bits per heavy atom. The van der Waals surface area contributed by atoms with E-state index in [1.165, 1.54) is 12.1 Å². The minimum Gasteiger partial charge on any atom is -0.323 e. The molecule has 2 N–H and O–H groups in total. The van der Waals surface area contributed by atoms with E-state index in [1.807, 2.05) is 0 Å². The van der Waals surface area contributed by atoms with Crippen molar-refractivity contribution >= 4 is 28.9 Å². The van der Waals surface area contributed by atoms with Crippen LogP contribution in [0.5, 0.6) is 0 Å². The summed E-state index contributed by atoms with van der Waals surface area (Å²) in [5.74, 6) is -0.213. The van der Waals surface area contributed by atoms with Crippen molar-refractivity contribution in [3.8, 4) is 0 Å². The molecule has 0 aromatic heterocycles. The molecule has 1 heterocycles. The van der Waals surface area contributed by atoms with Crippen LogP contribution in [0.15, 0.2) is 18.2 Å². The summed E-state index contributed by atoms with van der Waals surface area (Å²) in [7, 11) is 0. The number of nitrogens with one attached hydrogen (secondary N) is 2. The molecule has 0 spiro atoms. The Bertz CT molecular complexity index is 486. The van der Waals surface area contributed by atoms with E-state index < -0.39 is 4.92 Å². The maximum atomic E-state index is 11.8. The van der Waals surface area contributed by atoms with Gasteiger partial charge in [0.1, 0.15) is 5.02 Å². The molecule has 6 nitrogen and oxygen atoms in total. The van der Waals surface area contributed by atoms with Crippen LogP contribution in [-0.4, -0.2) is 23.4 Å². The third-order valence-electron chi connectivity index (χ3n) is 2.81. The van der Waals surface area contributed by atoms with Crippen molar-refractivity contribution in [1.29, 1.82) is 0 Å². The molecule has 2 rings (SSSR count). The topological polar surface area (TPSA) is 84.3 Å². The van der Waals surface area contributed by atoms with E-state index in [0.717, 1.165) is 19.4 Å². The fourth-order valence-corrected chi connectivity index (χ4v) is 2.13. The lowest BCUT2D eigenvalue weighted by atomic mass is 10.2. The number of rotatable bonds is 3. The predicted molar refractivity (Wildman–Crippen MR) is 67.8 cm³/mol. The van der Waals surface area contributed by atoms with Crippen LogP contribution >= 0.6 is 11.6 Å². The van der Waals surface area contributed by atoms with Crippen LogP contribution < -0.4 is 10.6 Å². The second-order valence-electron chi connectivity index (χ2n) is 4.03. The molecular formula is C11H12ClN3O3. The lowest BCUT2D eigenvalue weighted by molar-refractivity contribution is -0.384. The van der Waals surface area contributed by atoms with Gasteiger partial charge in [-0.3, -0.25) is 14.9 Å². The van der Waals surface area contributed by atoms with Gasteiger partial charge in [-0.1, -0.05) is 17.7 Å². The zero-order chi connectivity index (χ0) is 13.1. The van der Waals surface area contributed by atoms with Gasteiger partial charge in [0.15, 0.2) is 0 Å². The fourth-order valence-electron chi connectivity index (χ4n) is 1.89. The number of carbonyl (C=O) groups excluding carboxylic acids is 1. The summed E-state index contributed by atoms with van der Waals surface area (Å²) in [6.07, 6.45) is 1.71. The number of nitrogens with zero attached hydrogens (tertiary/aromatic N) is 1. The Hall–Kier alpha value is -1.66. The SMILES string of the molecule is O=C(Nc1cccc([N+](=O)[O-])c1Cl)[C@@H]1CCCN1. The summed E-state index contributed by atoms with van der Waals surface area (Å²) in [6, 6.07) is 4.08. The number of amides is 1. The van der Waals surface area contributed by atoms with Gasteiger partial charge in [-0.2, -0.15) is 0 Å². The Kier molecular flexibility index (Phi) is 3.78. The highest BCUT2D eigenvalue weighted by Crippen LogP contribution is 2.31. The Labute approximate surface area is 108 Å². The number of nitro groups is 1. The van der Waals surface area contributed by atoms with Crippen LogP contribution in [0.2, 0.25) is 5.02 Å². The molecule has 1 atom stereocenters. The number of carbonyl (C=O) groups is 1. The molecule has 18 heavy (non-hydrogen) atoms. The van der Waals surface area contributed by atoms with Crippen LogP contribution in [-0.2, 0) is 4.79 Å². The third-order valence-corrected chi connectivity index (χ3v) is 3.21. The van der Waals surface area contributed by atoms with Crippen molar-refractivity contribution in [3.63, 3.8) is 0 Å². The van der Waals surface area contributed by atoms with Crippen LogP contribution in [0.1, 0.15) is 12.8 Å². The molecule has 0 saturated carbocycles. The van der Waals surface area contributed by atoms with Gasteiger partial charge in [0.2, 0.25) is 5.91 Å². The fraction of sp³-hybridized carbons (Fsp3) is 0.364. The predicted octanol–water partition coefficient (Wildman–Crippen LogP) is 1.94. The first-order valence-electron chi connectivity index (χ1n) is 5.57. The van der Waals surface area contributed by atoms with E-state index in [2.05, 4.69) is 10.6 Å². The van der Waals surface area contributed by atoms with Gasteiger partial charge in [0.25, 0.3) is 5.69 Å². The number of halogens is 1. The van der Waals surface area contributed by atoms with Crippen molar-refractivity contribution in [3.05, 3.63) is 33.3 Å². The standard InChI is InChI=1S/C11H12ClN3O3/c12-10-7(3-1-5-9(10)15(17)18)14-11(16)8-4-2-6-13-8/h1,3,5,8,13H,2,4,6H2,(H,14,16)/t8-/m0/s1. The van der Waals surface area contributed by atoms with Crippen molar-refractivity contribution in [2.45, 2.75) is 18.9 Å². The molecule has 1 aromatic carbocycles. The van der Waals surface area contributed by atoms with Crippen LogP contribution in [0.3, 0.4) is 0 Å². The summed E-state index contributed by atoms with van der Waals surface area (Å²) < 4.78 is 0. The van der Waals surface area contributed by atoms with E-state index in [4.69, 9.17) is 11.6 Å². The molecule has 1 aromatic rings. The molecule has 1 saturated heterocycles. The lowest BCUT2D eigenvalue weighted by Crippen LogP contribution is -2.35. The molecular weight excluding hydrogens is 258 g/mol. The zero-order valence-electron chi connectivity index (χ0n) is 9.48. The first-order valence-corrected chi connectivity index (χ1v) is 5.94. The third kappa shape index (κ3) is 2.60. The van der Waals surface area contributed by atoms with Gasteiger partial charge < -0.3 is 10.6 Å². The lowest BCUT2D eigenvalue weighted by Gasteiger charge is -2.12. The van der Waals surface area contributed by atoms with Crippen molar-refractivity contribution in [2.24, 2.45) is 0 Å². The second-order valence-corrected chi connectivity index (χ2v) is 4.41. The van der Waals surface area contributed by atoms with E-state index in [-0.39, 0.29) is 28.3 Å². The maximum Gasteiger partial charge on any atom is 0.290 e. The number of hydrogen-bond acceptors (Lipinski definition) is 4. The Balaban J connectivity index is 2.16. The first kappa shape index (κ1) is 12.8. The summed E-state index contributed by atoms with van der Waals surface area (Å²) in [5, 5.41) is 16.3. The normalized spacial score (nSPS) is 18.6. The van der Waals surface area contributed by atoms with Gasteiger partial charge in [0, 0.05) is 6.07 Å². The molecule has 1 amide bonds. The summed E-state index contributed by atoms with van der Waals surface area (Å²) >= 11 is 5.88. The minimum atomic E-state index is -0.578. The quantitative estimate of drug-likeness (QED) is 0.649.